The van der Waals surface area contributed by atoms with E-state index in [9.17, 15) is 14.0 Å². The fourth-order valence-electron chi connectivity index (χ4n) is 3.90. The summed E-state index contributed by atoms with van der Waals surface area (Å²) in [6, 6.07) is 9.52. The first kappa shape index (κ1) is 19.3. The monoisotopic (exact) mass is 398 g/mol. The lowest BCUT2D eigenvalue weighted by atomic mass is 10.1. The van der Waals surface area contributed by atoms with Gasteiger partial charge in [0.25, 0.3) is 0 Å². The van der Waals surface area contributed by atoms with Crippen LogP contribution < -0.4 is 5.69 Å². The fourth-order valence-corrected chi connectivity index (χ4v) is 3.90. The second-order valence-corrected chi connectivity index (χ2v) is 7.23. The maximum Gasteiger partial charge on any atom is 0.330 e. The van der Waals surface area contributed by atoms with Gasteiger partial charge in [0.2, 0.25) is 5.91 Å². The molecule has 29 heavy (non-hydrogen) atoms. The molecule has 0 bridgehead atoms. The van der Waals surface area contributed by atoms with Crippen LogP contribution in [-0.4, -0.2) is 51.7 Å². The highest BCUT2D eigenvalue weighted by Gasteiger charge is 2.30. The number of methoxy groups -OCH3 is 1. The largest absolute Gasteiger partial charge is 0.383 e. The van der Waals surface area contributed by atoms with E-state index in [0.29, 0.717) is 38.3 Å². The summed E-state index contributed by atoms with van der Waals surface area (Å²) >= 11 is 0. The summed E-state index contributed by atoms with van der Waals surface area (Å²) in [5.41, 5.74) is 2.04. The van der Waals surface area contributed by atoms with Crippen LogP contribution in [0.4, 0.5) is 4.39 Å². The Morgan fingerprint density at radius 2 is 2.07 bits per heavy atom. The summed E-state index contributed by atoms with van der Waals surface area (Å²) in [5, 5.41) is 0. The van der Waals surface area contributed by atoms with E-state index < -0.39 is 0 Å². The van der Waals surface area contributed by atoms with E-state index in [1.165, 1.54) is 12.1 Å². The van der Waals surface area contributed by atoms with Crippen LogP contribution in [0.1, 0.15) is 18.0 Å². The zero-order valence-corrected chi connectivity index (χ0v) is 16.3. The van der Waals surface area contributed by atoms with Crippen molar-refractivity contribution in [2.75, 3.05) is 26.8 Å². The molecule has 0 saturated carbocycles. The van der Waals surface area contributed by atoms with E-state index >= 15 is 0 Å². The third-order valence-corrected chi connectivity index (χ3v) is 5.39. The van der Waals surface area contributed by atoms with Gasteiger partial charge in [-0.15, -0.1) is 0 Å². The van der Waals surface area contributed by atoms with E-state index in [2.05, 4.69) is 4.98 Å². The topological polar surface area (TPSA) is 69.4 Å². The first-order chi connectivity index (χ1) is 14.1. The van der Waals surface area contributed by atoms with Gasteiger partial charge in [-0.05, 0) is 36.2 Å². The van der Waals surface area contributed by atoms with Gasteiger partial charge in [-0.2, -0.15) is 0 Å². The number of imidazole rings is 1. The highest BCUT2D eigenvalue weighted by Crippen LogP contribution is 2.24. The summed E-state index contributed by atoms with van der Waals surface area (Å²) in [6.45, 7) is 1.92. The lowest BCUT2D eigenvalue weighted by molar-refractivity contribution is -0.129. The number of fused-ring (bicyclic) bond motifs is 1. The maximum atomic E-state index is 13.1. The van der Waals surface area contributed by atoms with Crippen LogP contribution in [0.5, 0.6) is 0 Å². The number of halogens is 1. The van der Waals surface area contributed by atoms with Gasteiger partial charge in [0.1, 0.15) is 5.82 Å². The Morgan fingerprint density at radius 1 is 1.28 bits per heavy atom. The van der Waals surface area contributed by atoms with Crippen molar-refractivity contribution in [1.29, 1.82) is 0 Å². The van der Waals surface area contributed by atoms with Crippen molar-refractivity contribution in [2.45, 2.75) is 25.4 Å². The number of pyridine rings is 1. The molecule has 1 fully saturated rings. The number of rotatable bonds is 6. The third-order valence-electron chi connectivity index (χ3n) is 5.39. The lowest BCUT2D eigenvalue weighted by Gasteiger charge is -2.17. The Balaban J connectivity index is 1.55. The van der Waals surface area contributed by atoms with Crippen molar-refractivity contribution < 1.29 is 13.9 Å². The van der Waals surface area contributed by atoms with Crippen LogP contribution in [-0.2, 0) is 22.5 Å². The van der Waals surface area contributed by atoms with E-state index in [1.54, 1.807) is 39.5 Å². The van der Waals surface area contributed by atoms with Crippen LogP contribution >= 0.6 is 0 Å². The Morgan fingerprint density at radius 3 is 2.83 bits per heavy atom. The number of hydrogen-bond donors (Lipinski definition) is 0. The minimum absolute atomic E-state index is 0.0248. The predicted molar refractivity (Wildman–Crippen MR) is 106 cm³/mol. The molecule has 3 aromatic rings. The van der Waals surface area contributed by atoms with E-state index in [0.717, 1.165) is 11.1 Å². The summed E-state index contributed by atoms with van der Waals surface area (Å²) < 4.78 is 21.6. The molecule has 1 aromatic carbocycles. The molecule has 2 aromatic heterocycles. The first-order valence-electron chi connectivity index (χ1n) is 9.65. The summed E-state index contributed by atoms with van der Waals surface area (Å²) in [7, 11) is 1.60. The van der Waals surface area contributed by atoms with Crippen LogP contribution in [0.15, 0.2) is 47.4 Å². The molecule has 152 valence electrons. The van der Waals surface area contributed by atoms with Crippen molar-refractivity contribution in [3.05, 3.63) is 64.5 Å². The number of ether oxygens (including phenoxy) is 1. The van der Waals surface area contributed by atoms with Gasteiger partial charge >= 0.3 is 5.69 Å². The number of likely N-dealkylation sites (tertiary alicyclic amines) is 1. The molecule has 0 radical (unpaired) electrons. The Bertz CT molecular complexity index is 1070. The number of hydrogen-bond acceptors (Lipinski definition) is 4. The maximum absolute atomic E-state index is 13.1. The molecule has 4 rings (SSSR count). The molecule has 1 aliphatic rings. The van der Waals surface area contributed by atoms with Crippen LogP contribution in [0.3, 0.4) is 0 Å². The second-order valence-electron chi connectivity index (χ2n) is 7.23. The van der Waals surface area contributed by atoms with Crippen molar-refractivity contribution in [3.8, 4) is 0 Å². The number of amides is 1. The summed E-state index contributed by atoms with van der Waals surface area (Å²) in [5.74, 6) is -0.345. The molecule has 0 spiro atoms. The van der Waals surface area contributed by atoms with Crippen molar-refractivity contribution in [1.82, 2.24) is 19.0 Å². The molecule has 1 aliphatic heterocycles. The van der Waals surface area contributed by atoms with Crippen molar-refractivity contribution in [3.63, 3.8) is 0 Å². The number of benzene rings is 1. The quantitative estimate of drug-likeness (QED) is 0.637. The number of nitrogens with zero attached hydrogens (tertiary/aromatic N) is 4. The van der Waals surface area contributed by atoms with Crippen LogP contribution in [0, 0.1) is 5.82 Å². The smallest absolute Gasteiger partial charge is 0.330 e. The van der Waals surface area contributed by atoms with E-state index in [-0.39, 0.29) is 29.9 Å². The normalized spacial score (nSPS) is 16.6. The number of aromatic nitrogens is 3. The molecule has 7 nitrogen and oxygen atoms in total. The minimum atomic E-state index is -0.320. The minimum Gasteiger partial charge on any atom is -0.383 e. The van der Waals surface area contributed by atoms with Gasteiger partial charge in [0.05, 0.1) is 31.1 Å². The first-order valence-corrected chi connectivity index (χ1v) is 9.65. The van der Waals surface area contributed by atoms with Gasteiger partial charge in [0.15, 0.2) is 5.65 Å². The van der Waals surface area contributed by atoms with Gasteiger partial charge in [-0.1, -0.05) is 12.1 Å². The zero-order valence-electron chi connectivity index (χ0n) is 16.3. The Labute approximate surface area is 167 Å². The van der Waals surface area contributed by atoms with E-state index in [1.807, 2.05) is 12.1 Å². The third kappa shape index (κ3) is 3.80. The van der Waals surface area contributed by atoms with E-state index in [4.69, 9.17) is 4.74 Å². The van der Waals surface area contributed by atoms with Gasteiger partial charge < -0.3 is 9.64 Å². The molecule has 1 saturated heterocycles. The van der Waals surface area contributed by atoms with Gasteiger partial charge in [-0.25, -0.2) is 14.2 Å². The highest BCUT2D eigenvalue weighted by atomic mass is 19.1. The van der Waals surface area contributed by atoms with Gasteiger partial charge in [0, 0.05) is 26.4 Å². The Kier molecular flexibility index (Phi) is 5.44. The zero-order chi connectivity index (χ0) is 20.4. The summed E-state index contributed by atoms with van der Waals surface area (Å²) in [4.78, 5) is 31.9. The number of carbonyl (C=O) groups excluding carboxylic acids is 1. The SMILES string of the molecule is COCCn1c(=O)n([C@@H]2CCN(C(=O)Cc3ccc(F)cc3)C2)c2ncccc21. The predicted octanol–water partition coefficient (Wildman–Crippen LogP) is 2.00. The molecule has 0 aliphatic carbocycles. The molecule has 1 atom stereocenters. The van der Waals surface area contributed by atoms with Crippen LogP contribution in [0.2, 0.25) is 0 Å². The molecule has 0 N–H and O–H groups in total. The molecule has 3 heterocycles. The Hall–Kier alpha value is -3.00. The molecular weight excluding hydrogens is 375 g/mol. The number of carbonyl (C=O) groups is 1. The molecule has 1 amide bonds. The van der Waals surface area contributed by atoms with Crippen molar-refractivity contribution in [2.24, 2.45) is 0 Å². The average Bonchev–Trinajstić information content (AvgIpc) is 3.30. The highest BCUT2D eigenvalue weighted by molar-refractivity contribution is 5.79. The molecule has 0 unspecified atom stereocenters. The molecule has 8 heteroatoms. The summed E-state index contributed by atoms with van der Waals surface area (Å²) in [6.07, 6.45) is 2.58. The standard InChI is InChI=1S/C21H23FN4O3/c1-29-12-11-25-18-3-2-9-23-20(18)26(21(25)28)17-8-10-24(14-17)19(27)13-15-4-6-16(22)7-5-15/h2-7,9,17H,8,10-14H2,1H3/t17-/m1/s1. The van der Waals surface area contributed by atoms with Crippen molar-refractivity contribution >= 4 is 17.1 Å². The lowest BCUT2D eigenvalue weighted by Crippen LogP contribution is -2.33. The fraction of sp³-hybridized carbons (Fsp3) is 0.381. The second kappa shape index (κ2) is 8.16. The molecular formula is C21H23FN4O3. The van der Waals surface area contributed by atoms with Gasteiger partial charge in [-0.3, -0.25) is 13.9 Å². The van der Waals surface area contributed by atoms with Crippen LogP contribution in [0.25, 0.3) is 11.2 Å². The average molecular weight is 398 g/mol.